The highest BCUT2D eigenvalue weighted by molar-refractivity contribution is 7.90. The van der Waals surface area contributed by atoms with Gasteiger partial charge < -0.3 is 29.9 Å². The number of phenolic OH excluding ortho intramolecular Hbond substituents is 1. The maximum Gasteiger partial charge on any atom is 0.338 e. The normalized spacial score (nSPS) is 16.5. The summed E-state index contributed by atoms with van der Waals surface area (Å²) in [7, 11) is -3.68. The third-order valence-electron chi connectivity index (χ3n) is 5.65. The van der Waals surface area contributed by atoms with E-state index in [0.717, 1.165) is 37.9 Å². The quantitative estimate of drug-likeness (QED) is 0.357. The number of hydrogen-bond donors (Lipinski definition) is 3. The summed E-state index contributed by atoms with van der Waals surface area (Å²) < 4.78 is 35.3. The molecule has 1 unspecified atom stereocenters. The van der Waals surface area contributed by atoms with Crippen LogP contribution in [0.2, 0.25) is 0 Å². The molecule has 1 aliphatic heterocycles. The van der Waals surface area contributed by atoms with Crippen LogP contribution in [0.3, 0.4) is 0 Å². The number of rotatable bonds is 9. The van der Waals surface area contributed by atoms with Gasteiger partial charge in [-0.25, -0.2) is 13.2 Å². The number of piperidine rings is 1. The Kier molecular flexibility index (Phi) is 8.40. The van der Waals surface area contributed by atoms with Crippen molar-refractivity contribution in [2.24, 2.45) is 0 Å². The fraction of sp³-hybridized carbons (Fsp3) is 0.458. The molecule has 0 saturated carbocycles. The number of carbonyl (C=O) groups excluding carboxylic acids is 1. The second-order valence-corrected chi connectivity index (χ2v) is 10.3. The number of benzene rings is 2. The number of sulfone groups is 1. The number of anilines is 1. The highest BCUT2D eigenvalue weighted by Crippen LogP contribution is 2.31. The predicted molar refractivity (Wildman–Crippen MR) is 128 cm³/mol. The van der Waals surface area contributed by atoms with Crippen molar-refractivity contribution in [3.05, 3.63) is 48.0 Å². The van der Waals surface area contributed by atoms with Gasteiger partial charge >= 0.3 is 5.97 Å². The zero-order valence-corrected chi connectivity index (χ0v) is 20.4. The Balaban J connectivity index is 1.98. The van der Waals surface area contributed by atoms with Crippen LogP contribution in [0.1, 0.15) is 37.0 Å². The topological polar surface area (TPSA) is 125 Å². The average molecular weight is 493 g/mol. The minimum Gasteiger partial charge on any atom is -0.507 e. The van der Waals surface area contributed by atoms with E-state index in [1.54, 1.807) is 38.1 Å². The molecular formula is C24H32N2O7S. The number of aliphatic hydroxyl groups is 1. The standard InChI is InChI=1S/C24H32N2O7S/c1-4-32-24(29)17-5-7-18(8-6-17)26(19-11-13-25-14-12-19)23(16(2)27)33-20-9-10-21(28)22(15-20)34(3,30)31/h5-10,15-16,19,23,25,27-28H,4,11-14H2,1-3H3/t16-,23?/m0/s1. The van der Waals surface area contributed by atoms with Crippen LogP contribution in [0.4, 0.5) is 5.69 Å². The van der Waals surface area contributed by atoms with Crippen molar-refractivity contribution < 1.29 is 32.9 Å². The van der Waals surface area contributed by atoms with Crippen LogP contribution < -0.4 is 15.0 Å². The number of nitrogens with one attached hydrogen (secondary N) is 1. The second-order valence-electron chi connectivity index (χ2n) is 8.31. The first-order valence-electron chi connectivity index (χ1n) is 11.3. The van der Waals surface area contributed by atoms with E-state index in [9.17, 15) is 23.4 Å². The third-order valence-corrected chi connectivity index (χ3v) is 6.78. The molecule has 1 fully saturated rings. The average Bonchev–Trinajstić information content (AvgIpc) is 2.80. The largest absolute Gasteiger partial charge is 0.507 e. The highest BCUT2D eigenvalue weighted by atomic mass is 32.2. The Bertz CT molecular complexity index is 1080. The van der Waals surface area contributed by atoms with Gasteiger partial charge in [-0.3, -0.25) is 0 Å². The summed E-state index contributed by atoms with van der Waals surface area (Å²) in [5, 5.41) is 24.0. The molecule has 1 saturated heterocycles. The van der Waals surface area contributed by atoms with Crippen LogP contribution >= 0.6 is 0 Å². The number of carbonyl (C=O) groups is 1. The molecule has 0 amide bonds. The van der Waals surface area contributed by atoms with E-state index in [1.165, 1.54) is 18.2 Å². The van der Waals surface area contributed by atoms with Crippen molar-refractivity contribution in [1.82, 2.24) is 5.32 Å². The number of nitrogens with zero attached hydrogens (tertiary/aromatic N) is 1. The summed E-state index contributed by atoms with van der Waals surface area (Å²) in [6.45, 7) is 5.22. The number of esters is 1. The minimum atomic E-state index is -3.68. The van der Waals surface area contributed by atoms with Gasteiger partial charge in [0, 0.05) is 24.1 Å². The Morgan fingerprint density at radius 1 is 1.18 bits per heavy atom. The van der Waals surface area contributed by atoms with Crippen LogP contribution in [0.5, 0.6) is 11.5 Å². The fourth-order valence-corrected chi connectivity index (χ4v) is 4.80. The molecule has 3 N–H and O–H groups in total. The Hall–Kier alpha value is -2.82. The summed E-state index contributed by atoms with van der Waals surface area (Å²) in [5.74, 6) is -0.581. The molecule has 1 aliphatic rings. The van der Waals surface area contributed by atoms with Gasteiger partial charge in [0.05, 0.1) is 12.2 Å². The first-order valence-corrected chi connectivity index (χ1v) is 13.1. The van der Waals surface area contributed by atoms with E-state index >= 15 is 0 Å². The number of aromatic hydroxyl groups is 1. The van der Waals surface area contributed by atoms with Crippen molar-refractivity contribution in [2.45, 2.75) is 50.0 Å². The van der Waals surface area contributed by atoms with Crippen molar-refractivity contribution >= 4 is 21.5 Å². The predicted octanol–water partition coefficient (Wildman–Crippen LogP) is 2.32. The molecule has 9 nitrogen and oxygen atoms in total. The molecule has 2 aromatic rings. The Labute approximate surface area is 200 Å². The first kappa shape index (κ1) is 25.8. The molecule has 10 heteroatoms. The van der Waals surface area contributed by atoms with E-state index in [1.807, 2.05) is 4.90 Å². The number of phenols is 1. The van der Waals surface area contributed by atoms with E-state index in [-0.39, 0.29) is 29.0 Å². The lowest BCUT2D eigenvalue weighted by molar-refractivity contribution is 0.0388. The molecule has 0 bridgehead atoms. The molecule has 0 spiro atoms. The molecule has 2 aromatic carbocycles. The van der Waals surface area contributed by atoms with Gasteiger partial charge in [-0.2, -0.15) is 0 Å². The molecule has 34 heavy (non-hydrogen) atoms. The van der Waals surface area contributed by atoms with Gasteiger partial charge in [-0.15, -0.1) is 0 Å². The smallest absolute Gasteiger partial charge is 0.338 e. The summed E-state index contributed by atoms with van der Waals surface area (Å²) in [5.41, 5.74) is 1.16. The lowest BCUT2D eigenvalue weighted by Gasteiger charge is -2.42. The Morgan fingerprint density at radius 3 is 2.38 bits per heavy atom. The number of aliphatic hydroxyl groups excluding tert-OH is 1. The van der Waals surface area contributed by atoms with E-state index in [4.69, 9.17) is 9.47 Å². The zero-order valence-electron chi connectivity index (χ0n) is 19.6. The van der Waals surface area contributed by atoms with E-state index in [2.05, 4.69) is 5.32 Å². The van der Waals surface area contributed by atoms with Crippen LogP contribution in [0.25, 0.3) is 0 Å². The lowest BCUT2D eigenvalue weighted by Crippen LogP contribution is -2.54. The second kappa shape index (κ2) is 11.1. The fourth-order valence-electron chi connectivity index (χ4n) is 4.03. The van der Waals surface area contributed by atoms with Gasteiger partial charge in [0.25, 0.3) is 0 Å². The minimum absolute atomic E-state index is 0.0285. The summed E-state index contributed by atoms with van der Waals surface area (Å²) in [4.78, 5) is 13.8. The zero-order chi connectivity index (χ0) is 24.9. The molecule has 0 radical (unpaired) electrons. The van der Waals surface area contributed by atoms with Gasteiger partial charge in [0.1, 0.15) is 22.5 Å². The molecule has 0 aliphatic carbocycles. The third kappa shape index (κ3) is 6.19. The number of ether oxygens (including phenoxy) is 2. The van der Waals surface area contributed by atoms with Gasteiger partial charge in [-0.05, 0) is 76.2 Å². The maximum atomic E-state index is 12.1. The molecule has 1 heterocycles. The maximum absolute atomic E-state index is 12.1. The van der Waals surface area contributed by atoms with E-state index < -0.39 is 28.1 Å². The SMILES string of the molecule is CCOC(=O)c1ccc(N(C2CCNCC2)C(Oc2ccc(O)c(S(C)(=O)=O)c2)[C@H](C)O)cc1. The number of hydrogen-bond acceptors (Lipinski definition) is 9. The van der Waals surface area contributed by atoms with Crippen LogP contribution in [0.15, 0.2) is 47.4 Å². The van der Waals surface area contributed by atoms with Crippen molar-refractivity contribution in [3.8, 4) is 11.5 Å². The molecule has 0 aromatic heterocycles. The summed E-state index contributed by atoms with van der Waals surface area (Å²) in [6, 6.07) is 10.9. The lowest BCUT2D eigenvalue weighted by atomic mass is 10.0. The van der Waals surface area contributed by atoms with Gasteiger partial charge in [-0.1, -0.05) is 0 Å². The van der Waals surface area contributed by atoms with Gasteiger partial charge in [0.2, 0.25) is 0 Å². The summed E-state index contributed by atoms with van der Waals surface area (Å²) in [6.07, 6.45) is 0.806. The molecule has 2 atom stereocenters. The molecular weight excluding hydrogens is 460 g/mol. The summed E-state index contributed by atoms with van der Waals surface area (Å²) >= 11 is 0. The Morgan fingerprint density at radius 2 is 1.82 bits per heavy atom. The van der Waals surface area contributed by atoms with Crippen molar-refractivity contribution in [3.63, 3.8) is 0 Å². The highest BCUT2D eigenvalue weighted by Gasteiger charge is 2.33. The molecule has 3 rings (SSSR count). The van der Waals surface area contributed by atoms with Crippen molar-refractivity contribution in [2.75, 3.05) is 30.9 Å². The molecule has 186 valence electrons. The van der Waals surface area contributed by atoms with Crippen LogP contribution in [-0.2, 0) is 14.6 Å². The van der Waals surface area contributed by atoms with Gasteiger partial charge in [0.15, 0.2) is 16.1 Å². The van der Waals surface area contributed by atoms with Crippen LogP contribution in [0, 0.1) is 0 Å². The van der Waals surface area contributed by atoms with Crippen LogP contribution in [-0.4, -0.2) is 68.9 Å². The first-order chi connectivity index (χ1) is 16.1. The van der Waals surface area contributed by atoms with Crippen molar-refractivity contribution in [1.29, 1.82) is 0 Å². The monoisotopic (exact) mass is 492 g/mol. The van der Waals surface area contributed by atoms with E-state index in [0.29, 0.717) is 5.56 Å².